The number of nitrogens with zero attached hydrogens (tertiary/aromatic N) is 2. The Hall–Kier alpha value is -0.0400. The molecular formula is C30H50ClF3N2O. The van der Waals surface area contributed by atoms with E-state index in [1.165, 1.54) is 0 Å². The lowest BCUT2D eigenvalue weighted by molar-refractivity contribution is -0.170. The average Bonchev–Trinajstić information content (AvgIpc) is 2.84. The van der Waals surface area contributed by atoms with Gasteiger partial charge < -0.3 is 5.11 Å². The normalized spacial score (nSPS) is 47.5. The van der Waals surface area contributed by atoms with Crippen LogP contribution < -0.4 is 0 Å². The van der Waals surface area contributed by atoms with Gasteiger partial charge in [-0.2, -0.15) is 0 Å². The number of aliphatic hydroxyl groups excluding tert-OH is 1. The third-order valence-corrected chi connectivity index (χ3v) is 11.7. The smallest absolute Gasteiger partial charge is 0.118 e. The molecule has 214 valence electrons. The van der Waals surface area contributed by atoms with Crippen LogP contribution in [0, 0.1) is 29.6 Å². The third-order valence-electron chi connectivity index (χ3n) is 11.2. The summed E-state index contributed by atoms with van der Waals surface area (Å²) in [6.45, 7) is 9.01. The maximum atomic E-state index is 15.3. The van der Waals surface area contributed by atoms with E-state index in [1.54, 1.807) is 0 Å². The Balaban J connectivity index is 1.42. The van der Waals surface area contributed by atoms with Gasteiger partial charge in [0.05, 0.1) is 6.04 Å². The molecular weight excluding hydrogens is 497 g/mol. The van der Waals surface area contributed by atoms with Crippen LogP contribution in [0.5, 0.6) is 0 Å². The second-order valence-corrected chi connectivity index (χ2v) is 14.7. The topological polar surface area (TPSA) is 26.7 Å². The van der Waals surface area contributed by atoms with E-state index < -0.39 is 30.8 Å². The first-order valence-electron chi connectivity index (χ1n) is 15.3. The van der Waals surface area contributed by atoms with Gasteiger partial charge in [-0.1, -0.05) is 0 Å². The molecule has 2 aliphatic heterocycles. The highest BCUT2D eigenvalue weighted by molar-refractivity contribution is 6.20. The van der Waals surface area contributed by atoms with Crippen LogP contribution in [-0.2, 0) is 0 Å². The number of rotatable bonds is 3. The molecule has 5 fully saturated rings. The van der Waals surface area contributed by atoms with Crippen LogP contribution in [0.4, 0.5) is 13.2 Å². The summed E-state index contributed by atoms with van der Waals surface area (Å²) in [5.74, 6) is 1.92. The van der Waals surface area contributed by atoms with Gasteiger partial charge in [-0.15, -0.1) is 11.6 Å². The van der Waals surface area contributed by atoms with Gasteiger partial charge >= 0.3 is 0 Å². The maximum Gasteiger partial charge on any atom is 0.118 e. The van der Waals surface area contributed by atoms with Gasteiger partial charge in [0.15, 0.2) is 0 Å². The number of fused-ring (bicyclic) bond motifs is 1. The van der Waals surface area contributed by atoms with Crippen molar-refractivity contribution in [2.24, 2.45) is 29.6 Å². The summed E-state index contributed by atoms with van der Waals surface area (Å²) >= 11 is 6.88. The largest absolute Gasteiger partial charge is 0.378 e. The number of alkyl halides is 4. The Labute approximate surface area is 227 Å². The summed E-state index contributed by atoms with van der Waals surface area (Å²) in [7, 11) is 0. The highest BCUT2D eigenvalue weighted by Crippen LogP contribution is 2.53. The van der Waals surface area contributed by atoms with Gasteiger partial charge in [-0.3, -0.25) is 9.80 Å². The molecule has 0 aromatic carbocycles. The zero-order valence-electron chi connectivity index (χ0n) is 23.2. The molecule has 3 saturated carbocycles. The molecule has 10 atom stereocenters. The van der Waals surface area contributed by atoms with Crippen LogP contribution in [0.15, 0.2) is 0 Å². The van der Waals surface area contributed by atoms with Crippen molar-refractivity contribution >= 4 is 11.6 Å². The first-order valence-corrected chi connectivity index (χ1v) is 15.7. The standard InChI is InChI=1S/C30H50ClF3N2O/c1-30(2,3)35-13-11-18(12-14-35)19-15-23(21-8-7-20(32)17-24(21)31)22-9-10-28(37)36(27(22)16-19)29-25(33)5-4-6-26(29)34/h18-29,37H,4-17H2,1-3H3. The minimum atomic E-state index is -1.23. The van der Waals surface area contributed by atoms with Crippen molar-refractivity contribution in [1.29, 1.82) is 0 Å². The summed E-state index contributed by atoms with van der Waals surface area (Å²) < 4.78 is 44.9. The van der Waals surface area contributed by atoms with Crippen molar-refractivity contribution in [2.45, 2.75) is 146 Å². The molecule has 10 unspecified atom stereocenters. The van der Waals surface area contributed by atoms with Gasteiger partial charge in [-0.25, -0.2) is 13.2 Å². The van der Waals surface area contributed by atoms with Crippen LogP contribution in [0.2, 0.25) is 0 Å². The minimum Gasteiger partial charge on any atom is -0.378 e. The van der Waals surface area contributed by atoms with E-state index in [9.17, 15) is 9.50 Å². The molecule has 5 aliphatic rings. The van der Waals surface area contributed by atoms with Gasteiger partial charge in [0.25, 0.3) is 0 Å². The molecule has 2 saturated heterocycles. The predicted octanol–water partition coefficient (Wildman–Crippen LogP) is 6.90. The van der Waals surface area contributed by atoms with Crippen molar-refractivity contribution < 1.29 is 18.3 Å². The number of aliphatic hydroxyl groups is 1. The molecule has 3 aliphatic carbocycles. The molecule has 2 heterocycles. The zero-order chi connectivity index (χ0) is 26.5. The summed E-state index contributed by atoms with van der Waals surface area (Å²) in [5, 5.41) is 11.0. The number of piperidine rings is 2. The highest BCUT2D eigenvalue weighted by atomic mass is 35.5. The van der Waals surface area contributed by atoms with Gasteiger partial charge in [0.2, 0.25) is 0 Å². The Morgan fingerprint density at radius 3 is 2.00 bits per heavy atom. The second-order valence-electron chi connectivity index (χ2n) is 14.2. The lowest BCUT2D eigenvalue weighted by Crippen LogP contribution is -2.65. The van der Waals surface area contributed by atoms with Gasteiger partial charge in [0.1, 0.15) is 24.7 Å². The fourth-order valence-corrected chi connectivity index (χ4v) is 9.72. The summed E-state index contributed by atoms with van der Waals surface area (Å²) in [6.07, 6.45) is 4.84. The lowest BCUT2D eigenvalue weighted by atomic mass is 9.58. The van der Waals surface area contributed by atoms with Crippen LogP contribution in [-0.4, -0.2) is 75.7 Å². The molecule has 7 heteroatoms. The fraction of sp³-hybridized carbons (Fsp3) is 1.00. The van der Waals surface area contributed by atoms with Gasteiger partial charge in [0, 0.05) is 17.0 Å². The predicted molar refractivity (Wildman–Crippen MR) is 144 cm³/mol. The maximum absolute atomic E-state index is 15.3. The average molecular weight is 547 g/mol. The van der Waals surface area contributed by atoms with Crippen molar-refractivity contribution in [1.82, 2.24) is 9.80 Å². The molecule has 5 rings (SSSR count). The van der Waals surface area contributed by atoms with E-state index >= 15 is 8.78 Å². The third kappa shape index (κ3) is 5.88. The quantitative estimate of drug-likeness (QED) is 0.390. The van der Waals surface area contributed by atoms with Crippen molar-refractivity contribution in [2.75, 3.05) is 13.1 Å². The Bertz CT molecular complexity index is 750. The number of likely N-dealkylation sites (tertiary alicyclic amines) is 2. The van der Waals surface area contributed by atoms with Crippen LogP contribution >= 0.6 is 11.6 Å². The first-order chi connectivity index (χ1) is 17.5. The van der Waals surface area contributed by atoms with Crippen LogP contribution in [0.1, 0.15) is 97.8 Å². The zero-order valence-corrected chi connectivity index (χ0v) is 23.9. The van der Waals surface area contributed by atoms with E-state index in [4.69, 9.17) is 11.6 Å². The van der Waals surface area contributed by atoms with Crippen molar-refractivity contribution in [3.63, 3.8) is 0 Å². The monoisotopic (exact) mass is 546 g/mol. The van der Waals surface area contributed by atoms with E-state index in [-0.39, 0.29) is 28.8 Å². The second kappa shape index (κ2) is 11.4. The molecule has 0 aromatic rings. The van der Waals surface area contributed by atoms with E-state index in [2.05, 4.69) is 25.7 Å². The SMILES string of the molecule is CC(C)(C)N1CCC(C2CC(C3CCC(F)CC3Cl)C3CCC(O)N(C4C(F)CCCC4F)C3C2)CC1. The highest BCUT2D eigenvalue weighted by Gasteiger charge is 2.54. The molecule has 0 spiro atoms. The Morgan fingerprint density at radius 1 is 0.730 bits per heavy atom. The number of hydrogen-bond acceptors (Lipinski definition) is 3. The summed E-state index contributed by atoms with van der Waals surface area (Å²) in [5.41, 5.74) is 0.166. The molecule has 0 amide bonds. The minimum absolute atomic E-state index is 0.0142. The van der Waals surface area contributed by atoms with E-state index in [0.29, 0.717) is 56.3 Å². The summed E-state index contributed by atoms with van der Waals surface area (Å²) in [4.78, 5) is 4.49. The summed E-state index contributed by atoms with van der Waals surface area (Å²) in [6, 6.07) is -0.855. The van der Waals surface area contributed by atoms with Crippen LogP contribution in [0.3, 0.4) is 0 Å². The fourth-order valence-electron chi connectivity index (χ4n) is 9.21. The number of halogens is 4. The lowest BCUT2D eigenvalue weighted by Gasteiger charge is -2.58. The molecule has 3 nitrogen and oxygen atoms in total. The van der Waals surface area contributed by atoms with Gasteiger partial charge in [-0.05, 0) is 141 Å². The van der Waals surface area contributed by atoms with Crippen LogP contribution in [0.25, 0.3) is 0 Å². The molecule has 0 radical (unpaired) electrons. The molecule has 1 N–H and O–H groups in total. The molecule has 0 aromatic heterocycles. The van der Waals surface area contributed by atoms with E-state index in [1.807, 2.05) is 4.90 Å². The molecule has 37 heavy (non-hydrogen) atoms. The first kappa shape index (κ1) is 28.5. The molecule has 0 bridgehead atoms. The number of hydrogen-bond donors (Lipinski definition) is 1. The van der Waals surface area contributed by atoms with Crippen molar-refractivity contribution in [3.05, 3.63) is 0 Å². The van der Waals surface area contributed by atoms with Crippen molar-refractivity contribution in [3.8, 4) is 0 Å². The Morgan fingerprint density at radius 2 is 1.38 bits per heavy atom. The Kier molecular flexibility index (Phi) is 8.81. The van der Waals surface area contributed by atoms with E-state index in [0.717, 1.165) is 51.6 Å².